The summed E-state index contributed by atoms with van der Waals surface area (Å²) in [7, 11) is 0. The molecule has 2 heterocycles. The van der Waals surface area contributed by atoms with Crippen molar-refractivity contribution in [2.45, 2.75) is 52.1 Å². The van der Waals surface area contributed by atoms with Gasteiger partial charge in [0.1, 0.15) is 19.3 Å². The molecule has 1 aromatic heterocycles. The van der Waals surface area contributed by atoms with E-state index in [0.29, 0.717) is 5.13 Å². The van der Waals surface area contributed by atoms with Gasteiger partial charge >= 0.3 is 11.9 Å². The maximum atomic E-state index is 12.2. The highest BCUT2D eigenvalue weighted by molar-refractivity contribution is 7.15. The Kier molecular flexibility index (Phi) is 5.14. The first kappa shape index (κ1) is 20.3. The topological polar surface area (TPSA) is 115 Å². The number of hydrogen-bond acceptors (Lipinski definition) is 7. The van der Waals surface area contributed by atoms with Gasteiger partial charge in [0, 0.05) is 22.6 Å². The summed E-state index contributed by atoms with van der Waals surface area (Å²) in [5.74, 6) is -1.07. The molecule has 4 rings (SSSR count). The molecule has 1 saturated heterocycles. The summed E-state index contributed by atoms with van der Waals surface area (Å²) in [5.41, 5.74) is 1.01. The van der Waals surface area contributed by atoms with Crippen LogP contribution in [0.25, 0.3) is 0 Å². The first-order valence-corrected chi connectivity index (χ1v) is 10.8. The van der Waals surface area contributed by atoms with E-state index in [4.69, 9.17) is 14.6 Å². The number of aliphatic carboxylic acids is 1. The van der Waals surface area contributed by atoms with E-state index in [0.717, 1.165) is 29.8 Å². The SMILES string of the molecule is CC1C(=O)OC2C1CCC1(C)Cc3sc(NC(=O)COCC(=O)O)nc3C(C)C21. The van der Waals surface area contributed by atoms with Gasteiger partial charge in [-0.2, -0.15) is 0 Å². The lowest BCUT2D eigenvalue weighted by Crippen LogP contribution is -2.50. The fourth-order valence-corrected chi connectivity index (χ4v) is 6.80. The predicted octanol–water partition coefficient (Wildman–Crippen LogP) is 2.44. The lowest BCUT2D eigenvalue weighted by atomic mass is 9.54. The lowest BCUT2D eigenvalue weighted by molar-refractivity contribution is -0.150. The van der Waals surface area contributed by atoms with Crippen LogP contribution in [-0.2, 0) is 30.3 Å². The van der Waals surface area contributed by atoms with E-state index in [9.17, 15) is 14.4 Å². The molecule has 2 N–H and O–H groups in total. The van der Waals surface area contributed by atoms with Gasteiger partial charge in [0.05, 0.1) is 11.6 Å². The molecule has 0 spiro atoms. The first-order valence-electron chi connectivity index (χ1n) is 9.99. The minimum atomic E-state index is -1.12. The van der Waals surface area contributed by atoms with Crippen molar-refractivity contribution >= 4 is 34.3 Å². The number of carbonyl (C=O) groups is 3. The van der Waals surface area contributed by atoms with Crippen molar-refractivity contribution in [3.05, 3.63) is 10.6 Å². The number of nitrogens with zero attached hydrogens (tertiary/aromatic N) is 1. The zero-order valence-electron chi connectivity index (χ0n) is 16.8. The summed E-state index contributed by atoms with van der Waals surface area (Å²) in [6, 6.07) is 0. The maximum Gasteiger partial charge on any atom is 0.329 e. The van der Waals surface area contributed by atoms with Gasteiger partial charge in [0.15, 0.2) is 5.13 Å². The molecule has 29 heavy (non-hydrogen) atoms. The summed E-state index contributed by atoms with van der Waals surface area (Å²) in [4.78, 5) is 40.5. The summed E-state index contributed by atoms with van der Waals surface area (Å²) in [6.45, 7) is 5.54. The number of thiazole rings is 1. The van der Waals surface area contributed by atoms with Gasteiger partial charge in [0.2, 0.25) is 0 Å². The Labute approximate surface area is 173 Å². The average Bonchev–Trinajstić information content (AvgIpc) is 3.14. The molecule has 3 aliphatic rings. The molecule has 1 aliphatic heterocycles. The van der Waals surface area contributed by atoms with Gasteiger partial charge < -0.3 is 14.6 Å². The molecule has 2 aliphatic carbocycles. The van der Waals surface area contributed by atoms with Gasteiger partial charge in [-0.05, 0) is 24.7 Å². The second kappa shape index (κ2) is 7.36. The number of hydrogen-bond donors (Lipinski definition) is 2. The van der Waals surface area contributed by atoms with Gasteiger partial charge in [-0.3, -0.25) is 14.9 Å². The van der Waals surface area contributed by atoms with Crippen LogP contribution in [0.3, 0.4) is 0 Å². The van der Waals surface area contributed by atoms with Crippen molar-refractivity contribution in [3.63, 3.8) is 0 Å². The molecular formula is C20H26N2O6S. The van der Waals surface area contributed by atoms with E-state index in [1.165, 1.54) is 11.3 Å². The summed E-state index contributed by atoms with van der Waals surface area (Å²) >= 11 is 1.47. The first-order chi connectivity index (χ1) is 13.7. The predicted molar refractivity (Wildman–Crippen MR) is 105 cm³/mol. The lowest BCUT2D eigenvalue weighted by Gasteiger charge is -2.51. The molecule has 2 fully saturated rings. The summed E-state index contributed by atoms with van der Waals surface area (Å²) in [6.07, 6.45) is 2.83. The van der Waals surface area contributed by atoms with Crippen LogP contribution < -0.4 is 5.32 Å². The fourth-order valence-electron chi connectivity index (χ4n) is 5.52. The molecule has 6 unspecified atom stereocenters. The standard InChI is InChI=1S/C20H26N2O6S/c1-9-11-4-5-20(3)6-12-16(10(2)15(20)17(11)28-18(9)26)22-19(29-12)21-13(23)7-27-8-14(24)25/h9-11,15,17H,4-8H2,1-3H3,(H,24,25)(H,21,22,23). The van der Waals surface area contributed by atoms with Crippen molar-refractivity contribution in [1.29, 1.82) is 0 Å². The van der Waals surface area contributed by atoms with Crippen LogP contribution in [-0.4, -0.2) is 47.3 Å². The van der Waals surface area contributed by atoms with Crippen LogP contribution in [0.2, 0.25) is 0 Å². The molecule has 6 atom stereocenters. The number of carboxylic acid groups (broad SMARTS) is 1. The van der Waals surface area contributed by atoms with Crippen LogP contribution >= 0.6 is 11.3 Å². The van der Waals surface area contributed by atoms with Crippen molar-refractivity contribution in [1.82, 2.24) is 4.98 Å². The Hall–Kier alpha value is -2.00. The maximum absolute atomic E-state index is 12.2. The normalized spacial score (nSPS) is 35.3. The number of carbonyl (C=O) groups excluding carboxylic acids is 2. The van der Waals surface area contributed by atoms with Gasteiger partial charge in [-0.15, -0.1) is 11.3 Å². The highest BCUT2D eigenvalue weighted by atomic mass is 32.1. The third-order valence-electron chi connectivity index (χ3n) is 6.86. The Morgan fingerprint density at radius 1 is 1.34 bits per heavy atom. The number of esters is 1. The van der Waals surface area contributed by atoms with Crippen LogP contribution in [0.5, 0.6) is 0 Å². The number of fused-ring (bicyclic) bond motifs is 4. The smallest absolute Gasteiger partial charge is 0.329 e. The number of aromatic nitrogens is 1. The third-order valence-corrected chi connectivity index (χ3v) is 7.85. The van der Waals surface area contributed by atoms with Crippen molar-refractivity contribution < 1.29 is 29.0 Å². The van der Waals surface area contributed by atoms with E-state index >= 15 is 0 Å². The van der Waals surface area contributed by atoms with E-state index < -0.39 is 18.5 Å². The fraction of sp³-hybridized carbons (Fsp3) is 0.700. The Bertz CT molecular complexity index is 854. The van der Waals surface area contributed by atoms with E-state index in [-0.39, 0.29) is 47.8 Å². The Balaban J connectivity index is 1.52. The highest BCUT2D eigenvalue weighted by Crippen LogP contribution is 2.59. The van der Waals surface area contributed by atoms with Crippen LogP contribution in [0, 0.1) is 23.2 Å². The zero-order valence-corrected chi connectivity index (χ0v) is 17.6. The number of rotatable bonds is 5. The van der Waals surface area contributed by atoms with Crippen LogP contribution in [0.4, 0.5) is 5.13 Å². The largest absolute Gasteiger partial charge is 0.480 e. The van der Waals surface area contributed by atoms with E-state index in [1.807, 2.05) is 6.92 Å². The number of ether oxygens (including phenoxy) is 2. The van der Waals surface area contributed by atoms with Crippen molar-refractivity contribution in [2.75, 3.05) is 18.5 Å². The molecule has 1 saturated carbocycles. The molecule has 0 radical (unpaired) electrons. The highest BCUT2D eigenvalue weighted by Gasteiger charge is 2.58. The molecule has 158 valence electrons. The van der Waals surface area contributed by atoms with E-state index in [1.54, 1.807) is 0 Å². The van der Waals surface area contributed by atoms with Gasteiger partial charge in [-0.1, -0.05) is 20.8 Å². The number of nitrogens with one attached hydrogen (secondary N) is 1. The molecule has 0 bridgehead atoms. The summed E-state index contributed by atoms with van der Waals surface area (Å²) in [5, 5.41) is 11.8. The van der Waals surface area contributed by atoms with Crippen molar-refractivity contribution in [2.24, 2.45) is 23.2 Å². The number of anilines is 1. The molecule has 1 aromatic rings. The quantitative estimate of drug-likeness (QED) is 0.700. The monoisotopic (exact) mass is 422 g/mol. The molecule has 8 nitrogen and oxygen atoms in total. The van der Waals surface area contributed by atoms with Gasteiger partial charge in [-0.25, -0.2) is 9.78 Å². The molecular weight excluding hydrogens is 396 g/mol. The van der Waals surface area contributed by atoms with Gasteiger partial charge in [0.25, 0.3) is 5.91 Å². The minimum Gasteiger partial charge on any atom is -0.480 e. The number of amides is 1. The Morgan fingerprint density at radius 2 is 2.10 bits per heavy atom. The molecule has 1 amide bonds. The average molecular weight is 423 g/mol. The third kappa shape index (κ3) is 3.54. The van der Waals surface area contributed by atoms with Crippen molar-refractivity contribution in [3.8, 4) is 0 Å². The Morgan fingerprint density at radius 3 is 2.83 bits per heavy atom. The minimum absolute atomic E-state index is 0.0380. The van der Waals surface area contributed by atoms with Crippen LogP contribution in [0.15, 0.2) is 0 Å². The zero-order chi connectivity index (χ0) is 20.9. The molecule has 0 aromatic carbocycles. The van der Waals surface area contributed by atoms with Crippen LogP contribution in [0.1, 0.15) is 50.1 Å². The second-order valence-corrected chi connectivity index (χ2v) is 9.88. The summed E-state index contributed by atoms with van der Waals surface area (Å²) < 4.78 is 10.7. The number of carboxylic acids is 1. The second-order valence-electron chi connectivity index (χ2n) is 8.80. The van der Waals surface area contributed by atoms with E-state index in [2.05, 4.69) is 24.1 Å². The molecule has 9 heteroatoms.